The zero-order valence-electron chi connectivity index (χ0n) is 10.1. The maximum absolute atomic E-state index is 9.33. The predicted octanol–water partition coefficient (Wildman–Crippen LogP) is 0.902. The van der Waals surface area contributed by atoms with Crippen molar-refractivity contribution in [2.75, 3.05) is 13.2 Å². The summed E-state index contributed by atoms with van der Waals surface area (Å²) < 4.78 is 1.91. The van der Waals surface area contributed by atoms with Gasteiger partial charge in [0.1, 0.15) is 0 Å². The van der Waals surface area contributed by atoms with Crippen molar-refractivity contribution >= 4 is 0 Å². The summed E-state index contributed by atoms with van der Waals surface area (Å²) in [6, 6.07) is 2.43. The third kappa shape index (κ3) is 3.63. The topological polar surface area (TPSA) is 57.4 Å². The van der Waals surface area contributed by atoms with Gasteiger partial charge in [0, 0.05) is 18.4 Å². The SMILES string of the molecule is CCNC(CC)c1ccn(CC(O)CO)c1. The summed E-state index contributed by atoms with van der Waals surface area (Å²) in [5.41, 5.74) is 1.23. The summed E-state index contributed by atoms with van der Waals surface area (Å²) in [6.07, 6.45) is 4.32. The summed E-state index contributed by atoms with van der Waals surface area (Å²) >= 11 is 0. The lowest BCUT2D eigenvalue weighted by atomic mass is 10.1. The average Bonchev–Trinajstić information content (AvgIpc) is 2.74. The first-order valence-corrected chi connectivity index (χ1v) is 5.89. The van der Waals surface area contributed by atoms with Gasteiger partial charge in [0.2, 0.25) is 0 Å². The van der Waals surface area contributed by atoms with E-state index in [1.165, 1.54) is 5.56 Å². The Kier molecular flexibility index (Phi) is 5.52. The third-order valence-corrected chi connectivity index (χ3v) is 2.67. The third-order valence-electron chi connectivity index (χ3n) is 2.67. The van der Waals surface area contributed by atoms with Crippen molar-refractivity contribution in [1.29, 1.82) is 0 Å². The minimum absolute atomic E-state index is 0.196. The van der Waals surface area contributed by atoms with Crippen molar-refractivity contribution in [2.45, 2.75) is 39.0 Å². The maximum Gasteiger partial charge on any atom is 0.0949 e. The lowest BCUT2D eigenvalue weighted by molar-refractivity contribution is 0.0813. The Morgan fingerprint density at radius 3 is 2.75 bits per heavy atom. The Morgan fingerprint density at radius 1 is 1.44 bits per heavy atom. The van der Waals surface area contributed by atoms with E-state index in [1.807, 2.05) is 17.0 Å². The minimum atomic E-state index is -0.681. The number of aromatic nitrogens is 1. The van der Waals surface area contributed by atoms with E-state index in [-0.39, 0.29) is 6.61 Å². The molecule has 0 aliphatic heterocycles. The highest BCUT2D eigenvalue weighted by atomic mass is 16.3. The Labute approximate surface area is 96.9 Å². The monoisotopic (exact) mass is 226 g/mol. The van der Waals surface area contributed by atoms with Crippen LogP contribution in [0.5, 0.6) is 0 Å². The maximum atomic E-state index is 9.33. The molecule has 0 aliphatic carbocycles. The predicted molar refractivity (Wildman–Crippen MR) is 64.2 cm³/mol. The lowest BCUT2D eigenvalue weighted by Crippen LogP contribution is -2.20. The Bertz CT molecular complexity index is 299. The summed E-state index contributed by atoms with van der Waals surface area (Å²) in [7, 11) is 0. The molecule has 2 atom stereocenters. The van der Waals surface area contributed by atoms with Crippen LogP contribution in [0, 0.1) is 0 Å². The van der Waals surface area contributed by atoms with E-state index in [2.05, 4.69) is 25.2 Å². The van der Waals surface area contributed by atoms with Gasteiger partial charge in [-0.1, -0.05) is 13.8 Å². The lowest BCUT2D eigenvalue weighted by Gasteiger charge is -2.14. The number of hydrogen-bond donors (Lipinski definition) is 3. The molecule has 0 bridgehead atoms. The second-order valence-electron chi connectivity index (χ2n) is 4.00. The van der Waals surface area contributed by atoms with Gasteiger partial charge in [0.15, 0.2) is 0 Å². The van der Waals surface area contributed by atoms with Crippen LogP contribution in [0.25, 0.3) is 0 Å². The quantitative estimate of drug-likeness (QED) is 0.647. The molecular weight excluding hydrogens is 204 g/mol. The second kappa shape index (κ2) is 6.68. The zero-order valence-corrected chi connectivity index (χ0v) is 10.1. The van der Waals surface area contributed by atoms with Crippen LogP contribution in [0.4, 0.5) is 0 Å². The van der Waals surface area contributed by atoms with Crippen LogP contribution in [0.15, 0.2) is 18.5 Å². The first kappa shape index (κ1) is 13.2. The number of aliphatic hydroxyl groups excluding tert-OH is 2. The second-order valence-corrected chi connectivity index (χ2v) is 4.00. The molecule has 0 spiro atoms. The molecule has 0 radical (unpaired) electrons. The van der Waals surface area contributed by atoms with Crippen molar-refractivity contribution in [3.05, 3.63) is 24.0 Å². The fourth-order valence-corrected chi connectivity index (χ4v) is 1.82. The summed E-state index contributed by atoms with van der Waals surface area (Å²) in [5.74, 6) is 0. The standard InChI is InChI=1S/C12H22N2O2/c1-3-12(13-4-2)10-5-6-14(7-10)8-11(16)9-15/h5-7,11-13,15-16H,3-4,8-9H2,1-2H3. The van der Waals surface area contributed by atoms with Crippen LogP contribution in [0.1, 0.15) is 31.9 Å². The molecule has 4 heteroatoms. The highest BCUT2D eigenvalue weighted by Gasteiger charge is 2.10. The molecule has 0 aromatic carbocycles. The number of rotatable bonds is 7. The van der Waals surface area contributed by atoms with E-state index >= 15 is 0 Å². The van der Waals surface area contributed by atoms with E-state index < -0.39 is 6.10 Å². The highest BCUT2D eigenvalue weighted by Crippen LogP contribution is 2.16. The van der Waals surface area contributed by atoms with Crippen LogP contribution >= 0.6 is 0 Å². The fourth-order valence-electron chi connectivity index (χ4n) is 1.82. The average molecular weight is 226 g/mol. The molecule has 1 heterocycles. The van der Waals surface area contributed by atoms with Crippen LogP contribution in [0.2, 0.25) is 0 Å². The molecule has 16 heavy (non-hydrogen) atoms. The van der Waals surface area contributed by atoms with Crippen molar-refractivity contribution in [3.63, 3.8) is 0 Å². The van der Waals surface area contributed by atoms with Gasteiger partial charge >= 0.3 is 0 Å². The number of hydrogen-bond acceptors (Lipinski definition) is 3. The van der Waals surface area contributed by atoms with Crippen LogP contribution in [-0.2, 0) is 6.54 Å². The van der Waals surface area contributed by atoms with Gasteiger partial charge < -0.3 is 20.1 Å². The van der Waals surface area contributed by atoms with E-state index in [0.717, 1.165) is 13.0 Å². The number of aliphatic hydroxyl groups is 2. The first-order valence-electron chi connectivity index (χ1n) is 5.89. The summed E-state index contributed by atoms with van der Waals surface area (Å²) in [4.78, 5) is 0. The van der Waals surface area contributed by atoms with E-state index in [0.29, 0.717) is 12.6 Å². The summed E-state index contributed by atoms with van der Waals surface area (Å²) in [6.45, 7) is 5.43. The smallest absolute Gasteiger partial charge is 0.0949 e. The largest absolute Gasteiger partial charge is 0.394 e. The molecule has 0 aliphatic rings. The molecule has 3 N–H and O–H groups in total. The van der Waals surface area contributed by atoms with Gasteiger partial charge in [0.25, 0.3) is 0 Å². The van der Waals surface area contributed by atoms with Crippen molar-refractivity contribution in [3.8, 4) is 0 Å². The molecule has 1 aromatic heterocycles. The van der Waals surface area contributed by atoms with Crippen molar-refractivity contribution < 1.29 is 10.2 Å². The van der Waals surface area contributed by atoms with Gasteiger partial charge in [-0.2, -0.15) is 0 Å². The molecule has 92 valence electrons. The molecule has 0 saturated carbocycles. The molecule has 1 aromatic rings. The minimum Gasteiger partial charge on any atom is -0.394 e. The first-order chi connectivity index (χ1) is 7.71. The Morgan fingerprint density at radius 2 is 2.19 bits per heavy atom. The number of nitrogens with one attached hydrogen (secondary N) is 1. The van der Waals surface area contributed by atoms with Gasteiger partial charge in [-0.25, -0.2) is 0 Å². The van der Waals surface area contributed by atoms with E-state index in [1.54, 1.807) is 0 Å². The van der Waals surface area contributed by atoms with Crippen LogP contribution < -0.4 is 5.32 Å². The van der Waals surface area contributed by atoms with E-state index in [9.17, 15) is 5.11 Å². The van der Waals surface area contributed by atoms with Gasteiger partial charge in [-0.05, 0) is 24.6 Å². The molecule has 0 saturated heterocycles. The molecule has 0 fully saturated rings. The van der Waals surface area contributed by atoms with Gasteiger partial charge in [-0.15, -0.1) is 0 Å². The highest BCUT2D eigenvalue weighted by molar-refractivity contribution is 5.15. The van der Waals surface area contributed by atoms with Crippen molar-refractivity contribution in [1.82, 2.24) is 9.88 Å². The molecular formula is C12H22N2O2. The normalized spacial score (nSPS) is 15.0. The fraction of sp³-hybridized carbons (Fsp3) is 0.667. The van der Waals surface area contributed by atoms with E-state index in [4.69, 9.17) is 5.11 Å². The number of nitrogens with zero attached hydrogens (tertiary/aromatic N) is 1. The molecule has 4 nitrogen and oxygen atoms in total. The van der Waals surface area contributed by atoms with Gasteiger partial charge in [0.05, 0.1) is 19.3 Å². The van der Waals surface area contributed by atoms with Gasteiger partial charge in [-0.3, -0.25) is 0 Å². The molecule has 1 rings (SSSR count). The van der Waals surface area contributed by atoms with Crippen LogP contribution in [-0.4, -0.2) is 34.0 Å². The summed E-state index contributed by atoms with van der Waals surface area (Å²) in [5, 5.41) is 21.5. The molecule has 0 amide bonds. The zero-order chi connectivity index (χ0) is 12.0. The Balaban J connectivity index is 2.62. The Hall–Kier alpha value is -0.840. The van der Waals surface area contributed by atoms with Crippen molar-refractivity contribution in [2.24, 2.45) is 0 Å². The molecule has 2 unspecified atom stereocenters. The van der Waals surface area contributed by atoms with Crippen LogP contribution in [0.3, 0.4) is 0 Å².